The number of hydrogen-bond donors (Lipinski definition) is 2. The van der Waals surface area contributed by atoms with Gasteiger partial charge in [0.05, 0.1) is 36.7 Å². The van der Waals surface area contributed by atoms with Gasteiger partial charge in [-0.3, -0.25) is 9.98 Å². The van der Waals surface area contributed by atoms with E-state index in [9.17, 15) is 13.6 Å². The minimum Gasteiger partial charge on any atom is -0.464 e. The number of nitrogens with zero attached hydrogens (tertiary/aromatic N) is 4. The van der Waals surface area contributed by atoms with Crippen molar-refractivity contribution < 1.29 is 18.3 Å². The molecule has 1 unspecified atom stereocenters. The number of halogens is 3. The quantitative estimate of drug-likeness (QED) is 0.147. The summed E-state index contributed by atoms with van der Waals surface area (Å²) in [6.07, 6.45) is 1.69. The van der Waals surface area contributed by atoms with Gasteiger partial charge in [-0.05, 0) is 55.0 Å². The molecule has 2 aliphatic heterocycles. The molecule has 8 nitrogen and oxygen atoms in total. The molecule has 0 saturated heterocycles. The molecular formula is C31H25F2IN6O2. The molecule has 2 aliphatic rings. The first-order chi connectivity index (χ1) is 20.4. The zero-order chi connectivity index (χ0) is 29.2. The third-order valence-electron chi connectivity index (χ3n) is 6.95. The van der Waals surface area contributed by atoms with Crippen LogP contribution < -0.4 is 10.6 Å². The number of rotatable bonds is 7. The standard InChI is InChI=1S/C31H25F2IN6O2/c1-2-42-30(41)25-16-36-29(39-25)18-7-9-20(10-8-18)38-31-37-15-19-14-35-28(26-23(32)4-3-5-24(26)33)22-12-17(13-34)6-11-21(22)27(19)40-31/h3-12,15,25H,2,13-14,16H2,1H3,(H,36,39)(H,37,38,40). The number of esters is 1. The summed E-state index contributed by atoms with van der Waals surface area (Å²) < 4.78 is 35.6. The summed E-state index contributed by atoms with van der Waals surface area (Å²) >= 11 is 2.26. The second kappa shape index (κ2) is 11.9. The molecule has 3 aromatic carbocycles. The van der Waals surface area contributed by atoms with Crippen LogP contribution in [0.25, 0.3) is 11.3 Å². The maximum Gasteiger partial charge on any atom is 0.330 e. The van der Waals surface area contributed by atoms with Crippen molar-refractivity contribution in [3.05, 3.63) is 106 Å². The first-order valence-electron chi connectivity index (χ1n) is 13.3. The van der Waals surface area contributed by atoms with Gasteiger partial charge in [0.15, 0.2) is 0 Å². The van der Waals surface area contributed by atoms with E-state index in [2.05, 4.69) is 48.2 Å². The molecule has 3 heterocycles. The Hall–Kier alpha value is -4.26. The van der Waals surface area contributed by atoms with Crippen molar-refractivity contribution in [1.82, 2.24) is 15.3 Å². The first kappa shape index (κ1) is 27.9. The number of benzene rings is 3. The van der Waals surface area contributed by atoms with Crippen LogP contribution in [0.2, 0.25) is 0 Å². The summed E-state index contributed by atoms with van der Waals surface area (Å²) in [7, 11) is 0. The lowest BCUT2D eigenvalue weighted by molar-refractivity contribution is -0.144. The van der Waals surface area contributed by atoms with E-state index in [-0.39, 0.29) is 23.8 Å². The van der Waals surface area contributed by atoms with Gasteiger partial charge < -0.3 is 15.4 Å². The Bertz CT molecular complexity index is 1720. The lowest BCUT2D eigenvalue weighted by atomic mass is 9.93. The SMILES string of the molecule is CCOC(=O)C1CN=C(c2ccc(Nc3ncc4c(n3)-c3ccc(CI)cc3C(c3c(F)cccc3F)=NC4)cc2)N1. The van der Waals surface area contributed by atoms with Crippen LogP contribution in [0.3, 0.4) is 0 Å². The molecule has 0 bridgehead atoms. The number of ether oxygens (including phenoxy) is 1. The zero-order valence-electron chi connectivity index (χ0n) is 22.5. The lowest BCUT2D eigenvalue weighted by Crippen LogP contribution is -2.38. The van der Waals surface area contributed by atoms with Crippen LogP contribution in [0, 0.1) is 11.6 Å². The van der Waals surface area contributed by atoms with Gasteiger partial charge in [-0.25, -0.2) is 23.5 Å². The van der Waals surface area contributed by atoms with Crippen molar-refractivity contribution in [3.8, 4) is 11.3 Å². The molecule has 0 fully saturated rings. The van der Waals surface area contributed by atoms with E-state index in [0.29, 0.717) is 36.2 Å². The van der Waals surface area contributed by atoms with Crippen molar-refractivity contribution in [1.29, 1.82) is 0 Å². The number of amidine groups is 1. The molecule has 6 rings (SSSR count). The highest BCUT2D eigenvalue weighted by Gasteiger charge is 2.27. The highest BCUT2D eigenvalue weighted by molar-refractivity contribution is 14.1. The van der Waals surface area contributed by atoms with E-state index >= 15 is 0 Å². The Morgan fingerprint density at radius 2 is 1.86 bits per heavy atom. The van der Waals surface area contributed by atoms with Crippen molar-refractivity contribution >= 4 is 51.7 Å². The van der Waals surface area contributed by atoms with Crippen molar-refractivity contribution in [2.24, 2.45) is 9.98 Å². The van der Waals surface area contributed by atoms with E-state index in [1.165, 1.54) is 18.2 Å². The van der Waals surface area contributed by atoms with Gasteiger partial charge in [0.25, 0.3) is 0 Å². The molecule has 2 N–H and O–H groups in total. The predicted octanol–water partition coefficient (Wildman–Crippen LogP) is 5.73. The summed E-state index contributed by atoms with van der Waals surface area (Å²) in [5.41, 5.74) is 5.41. The normalized spacial score (nSPS) is 15.5. The second-order valence-corrected chi connectivity index (χ2v) is 10.4. The maximum absolute atomic E-state index is 14.9. The fourth-order valence-corrected chi connectivity index (χ4v) is 5.38. The number of aromatic nitrogens is 2. The van der Waals surface area contributed by atoms with Crippen LogP contribution in [0.1, 0.15) is 34.7 Å². The molecule has 0 saturated carbocycles. The van der Waals surface area contributed by atoms with E-state index in [4.69, 9.17) is 9.72 Å². The number of nitrogens with one attached hydrogen (secondary N) is 2. The van der Waals surface area contributed by atoms with E-state index in [1.54, 1.807) is 13.1 Å². The number of anilines is 2. The summed E-state index contributed by atoms with van der Waals surface area (Å²) in [4.78, 5) is 30.4. The van der Waals surface area contributed by atoms with Crippen molar-refractivity contribution in [3.63, 3.8) is 0 Å². The van der Waals surface area contributed by atoms with Gasteiger partial charge in [-0.2, -0.15) is 0 Å². The molecule has 1 aromatic heterocycles. The minimum absolute atomic E-state index is 0.154. The number of fused-ring (bicyclic) bond motifs is 3. The number of carbonyl (C=O) groups is 1. The summed E-state index contributed by atoms with van der Waals surface area (Å²) in [5.74, 6) is -0.663. The molecule has 1 atom stereocenters. The fourth-order valence-electron chi connectivity index (χ4n) is 4.91. The van der Waals surface area contributed by atoms with Gasteiger partial charge >= 0.3 is 5.97 Å². The lowest BCUT2D eigenvalue weighted by Gasteiger charge is -2.14. The maximum atomic E-state index is 14.9. The molecular weight excluding hydrogens is 653 g/mol. The molecule has 0 spiro atoms. The molecule has 0 aliphatic carbocycles. The van der Waals surface area contributed by atoms with Crippen LogP contribution in [0.4, 0.5) is 20.4 Å². The second-order valence-electron chi connectivity index (χ2n) is 9.68. The van der Waals surface area contributed by atoms with Gasteiger partial charge in [0, 0.05) is 38.6 Å². The van der Waals surface area contributed by atoms with Crippen LogP contribution in [-0.4, -0.2) is 46.7 Å². The first-order valence-corrected chi connectivity index (χ1v) is 14.9. The van der Waals surface area contributed by atoms with E-state index < -0.39 is 17.7 Å². The predicted molar refractivity (Wildman–Crippen MR) is 166 cm³/mol. The Kier molecular flexibility index (Phi) is 7.92. The summed E-state index contributed by atoms with van der Waals surface area (Å²) in [6, 6.07) is 16.7. The van der Waals surface area contributed by atoms with Gasteiger partial charge in [0.1, 0.15) is 23.5 Å². The molecule has 212 valence electrons. The Labute approximate surface area is 254 Å². The fraction of sp³-hybridized carbons (Fsp3) is 0.194. The topological polar surface area (TPSA) is 101 Å². The number of hydrogen-bond acceptors (Lipinski definition) is 8. The average Bonchev–Trinajstić information content (AvgIpc) is 3.44. The summed E-state index contributed by atoms with van der Waals surface area (Å²) in [6.45, 7) is 2.59. The van der Waals surface area contributed by atoms with Gasteiger partial charge in [-0.1, -0.05) is 40.8 Å². The van der Waals surface area contributed by atoms with Crippen LogP contribution in [0.5, 0.6) is 0 Å². The highest BCUT2D eigenvalue weighted by atomic mass is 127. The highest BCUT2D eigenvalue weighted by Crippen LogP contribution is 2.34. The third kappa shape index (κ3) is 5.48. The minimum atomic E-state index is -0.669. The number of aliphatic imine (C=N–C) groups is 2. The molecule has 42 heavy (non-hydrogen) atoms. The molecule has 0 radical (unpaired) electrons. The summed E-state index contributed by atoms with van der Waals surface area (Å²) in [5, 5.41) is 6.35. The zero-order valence-corrected chi connectivity index (χ0v) is 24.7. The smallest absolute Gasteiger partial charge is 0.330 e. The third-order valence-corrected chi connectivity index (χ3v) is 7.83. The molecule has 11 heteroatoms. The largest absolute Gasteiger partial charge is 0.464 e. The molecule has 4 aromatic rings. The van der Waals surface area contributed by atoms with E-state index in [1.807, 2.05) is 42.5 Å². The van der Waals surface area contributed by atoms with Gasteiger partial charge in [-0.15, -0.1) is 0 Å². The number of alkyl halides is 1. The van der Waals surface area contributed by atoms with Crippen molar-refractivity contribution in [2.45, 2.75) is 23.9 Å². The van der Waals surface area contributed by atoms with Crippen LogP contribution >= 0.6 is 22.6 Å². The Morgan fingerprint density at radius 3 is 2.60 bits per heavy atom. The Balaban J connectivity index is 1.28. The van der Waals surface area contributed by atoms with Crippen LogP contribution in [-0.2, 0) is 20.5 Å². The average molecular weight is 678 g/mol. The number of carbonyl (C=O) groups excluding carboxylic acids is 1. The Morgan fingerprint density at radius 1 is 1.07 bits per heavy atom. The molecule has 0 amide bonds. The van der Waals surface area contributed by atoms with Crippen LogP contribution in [0.15, 0.2) is 76.8 Å². The van der Waals surface area contributed by atoms with Crippen molar-refractivity contribution in [2.75, 3.05) is 18.5 Å². The van der Waals surface area contributed by atoms with E-state index in [0.717, 1.165) is 32.4 Å². The van der Waals surface area contributed by atoms with Gasteiger partial charge in [0.2, 0.25) is 5.95 Å². The monoisotopic (exact) mass is 678 g/mol.